The molecule has 0 saturated heterocycles. The number of rotatable bonds is 5. The Bertz CT molecular complexity index is 602. The summed E-state index contributed by atoms with van der Waals surface area (Å²) in [4.78, 5) is 0. The number of hydrogen-bond acceptors (Lipinski definition) is 3. The first-order valence-electron chi connectivity index (χ1n) is 6.10. The van der Waals surface area contributed by atoms with Crippen LogP contribution in [0.25, 0.3) is 0 Å². The van der Waals surface area contributed by atoms with E-state index in [1.54, 1.807) is 12.1 Å². The van der Waals surface area contributed by atoms with Gasteiger partial charge in [0, 0.05) is 18.7 Å². The monoisotopic (exact) mass is 279 g/mol. The normalized spacial score (nSPS) is 10.6. The molecule has 2 aromatic rings. The molecule has 3 nitrogen and oxygen atoms in total. The molecule has 106 valence electrons. The lowest BCUT2D eigenvalue weighted by atomic mass is 10.1. The van der Waals surface area contributed by atoms with Crippen molar-refractivity contribution in [2.45, 2.75) is 13.1 Å². The Kier molecular flexibility index (Phi) is 4.53. The molecule has 0 bridgehead atoms. The van der Waals surface area contributed by atoms with Gasteiger partial charge in [0.2, 0.25) is 0 Å². The number of phenolic OH excluding ortho intramolecular Hbond substituents is 1. The van der Waals surface area contributed by atoms with Crippen molar-refractivity contribution in [3.63, 3.8) is 0 Å². The third-order valence-electron chi connectivity index (χ3n) is 2.90. The second-order valence-electron chi connectivity index (χ2n) is 4.35. The number of aromatic hydroxyl groups is 1. The molecule has 2 N–H and O–H groups in total. The lowest BCUT2D eigenvalue weighted by molar-refractivity contribution is 0.372. The van der Waals surface area contributed by atoms with Crippen LogP contribution in [0, 0.1) is 11.6 Å². The van der Waals surface area contributed by atoms with Crippen molar-refractivity contribution in [2.24, 2.45) is 0 Å². The molecule has 2 rings (SSSR count). The molecule has 0 aliphatic carbocycles. The van der Waals surface area contributed by atoms with Crippen LogP contribution < -0.4 is 10.1 Å². The lowest BCUT2D eigenvalue weighted by Gasteiger charge is -2.09. The van der Waals surface area contributed by atoms with Gasteiger partial charge in [-0.3, -0.25) is 0 Å². The number of ether oxygens (including phenoxy) is 1. The van der Waals surface area contributed by atoms with Gasteiger partial charge in [0.25, 0.3) is 0 Å². The van der Waals surface area contributed by atoms with E-state index in [0.717, 1.165) is 17.7 Å². The second kappa shape index (κ2) is 6.34. The lowest BCUT2D eigenvalue weighted by Crippen LogP contribution is -2.14. The predicted octanol–water partition coefficient (Wildman–Crippen LogP) is 2.97. The van der Waals surface area contributed by atoms with Crippen molar-refractivity contribution < 1.29 is 18.6 Å². The van der Waals surface area contributed by atoms with Crippen LogP contribution in [-0.4, -0.2) is 12.2 Å². The van der Waals surface area contributed by atoms with Gasteiger partial charge in [0.1, 0.15) is 11.6 Å². The first-order valence-corrected chi connectivity index (χ1v) is 6.10. The molecule has 0 radical (unpaired) electrons. The Morgan fingerprint density at radius 2 is 1.90 bits per heavy atom. The Hall–Kier alpha value is -2.14. The zero-order valence-electron chi connectivity index (χ0n) is 11.0. The number of benzene rings is 2. The highest BCUT2D eigenvalue weighted by molar-refractivity contribution is 5.41. The molecule has 5 heteroatoms. The van der Waals surface area contributed by atoms with E-state index in [1.165, 1.54) is 19.2 Å². The maximum atomic E-state index is 13.4. The van der Waals surface area contributed by atoms with Crippen LogP contribution in [0.1, 0.15) is 11.1 Å². The summed E-state index contributed by atoms with van der Waals surface area (Å²) >= 11 is 0. The highest BCUT2D eigenvalue weighted by atomic mass is 19.1. The third-order valence-corrected chi connectivity index (χ3v) is 2.90. The largest absolute Gasteiger partial charge is 0.504 e. The molecule has 0 unspecified atom stereocenters. The standard InChI is InChI=1S/C15H15F2NO2/c1-20-15-6-10(2-5-14(15)19)8-18-9-11-7-12(16)3-4-13(11)17/h2-7,18-19H,8-9H2,1H3. The number of hydrogen-bond donors (Lipinski definition) is 2. The molecule has 0 aliphatic rings. The molecule has 0 fully saturated rings. The maximum absolute atomic E-state index is 13.4. The van der Waals surface area contributed by atoms with Crippen molar-refractivity contribution in [3.05, 3.63) is 59.2 Å². The van der Waals surface area contributed by atoms with E-state index < -0.39 is 11.6 Å². The summed E-state index contributed by atoms with van der Waals surface area (Å²) < 4.78 is 31.4. The van der Waals surface area contributed by atoms with E-state index in [4.69, 9.17) is 4.74 Å². The molecular formula is C15H15F2NO2. The highest BCUT2D eigenvalue weighted by Gasteiger charge is 2.05. The number of methoxy groups -OCH3 is 1. The van der Waals surface area contributed by atoms with Crippen molar-refractivity contribution in [3.8, 4) is 11.5 Å². The zero-order chi connectivity index (χ0) is 14.5. The Labute approximate surface area is 115 Å². The van der Waals surface area contributed by atoms with Crippen LogP contribution in [0.2, 0.25) is 0 Å². The van der Waals surface area contributed by atoms with Gasteiger partial charge in [-0.1, -0.05) is 6.07 Å². The summed E-state index contributed by atoms with van der Waals surface area (Å²) in [6.07, 6.45) is 0. The minimum absolute atomic E-state index is 0.0624. The van der Waals surface area contributed by atoms with Crippen molar-refractivity contribution in [2.75, 3.05) is 7.11 Å². The fourth-order valence-corrected chi connectivity index (χ4v) is 1.85. The first kappa shape index (κ1) is 14.3. The smallest absolute Gasteiger partial charge is 0.160 e. The van der Waals surface area contributed by atoms with Crippen LogP contribution in [0.5, 0.6) is 11.5 Å². The van der Waals surface area contributed by atoms with Crippen LogP contribution in [0.3, 0.4) is 0 Å². The molecule has 20 heavy (non-hydrogen) atoms. The van der Waals surface area contributed by atoms with E-state index >= 15 is 0 Å². The molecule has 0 amide bonds. The van der Waals surface area contributed by atoms with E-state index in [1.807, 2.05) is 0 Å². The van der Waals surface area contributed by atoms with Crippen molar-refractivity contribution >= 4 is 0 Å². The summed E-state index contributed by atoms with van der Waals surface area (Å²) in [5, 5.41) is 12.5. The molecular weight excluding hydrogens is 264 g/mol. The zero-order valence-corrected chi connectivity index (χ0v) is 11.0. The van der Waals surface area contributed by atoms with Crippen LogP contribution >= 0.6 is 0 Å². The molecule has 0 spiro atoms. The van der Waals surface area contributed by atoms with Gasteiger partial charge < -0.3 is 15.2 Å². The number of nitrogens with one attached hydrogen (secondary N) is 1. The van der Waals surface area contributed by atoms with E-state index in [0.29, 0.717) is 12.3 Å². The molecule has 0 saturated carbocycles. The number of halogens is 2. The molecule has 0 aliphatic heterocycles. The Morgan fingerprint density at radius 1 is 1.10 bits per heavy atom. The van der Waals surface area contributed by atoms with Gasteiger partial charge in [0.15, 0.2) is 11.5 Å². The van der Waals surface area contributed by atoms with Crippen molar-refractivity contribution in [1.82, 2.24) is 5.32 Å². The van der Waals surface area contributed by atoms with Gasteiger partial charge in [-0.2, -0.15) is 0 Å². The second-order valence-corrected chi connectivity index (χ2v) is 4.35. The van der Waals surface area contributed by atoms with Gasteiger partial charge in [0.05, 0.1) is 7.11 Å². The molecule has 0 atom stereocenters. The average Bonchev–Trinajstić information content (AvgIpc) is 2.44. The van der Waals surface area contributed by atoms with E-state index in [2.05, 4.69) is 5.32 Å². The summed E-state index contributed by atoms with van der Waals surface area (Å²) in [5.41, 5.74) is 1.15. The quantitative estimate of drug-likeness (QED) is 0.884. The minimum Gasteiger partial charge on any atom is -0.504 e. The summed E-state index contributed by atoms with van der Waals surface area (Å²) in [7, 11) is 1.47. The number of phenols is 1. The van der Waals surface area contributed by atoms with E-state index in [-0.39, 0.29) is 17.9 Å². The van der Waals surface area contributed by atoms with E-state index in [9.17, 15) is 13.9 Å². The van der Waals surface area contributed by atoms with Gasteiger partial charge in [-0.05, 0) is 35.9 Å². The average molecular weight is 279 g/mol. The highest BCUT2D eigenvalue weighted by Crippen LogP contribution is 2.26. The molecule has 2 aromatic carbocycles. The molecule has 0 aromatic heterocycles. The van der Waals surface area contributed by atoms with Gasteiger partial charge in [-0.25, -0.2) is 8.78 Å². The predicted molar refractivity (Wildman–Crippen MR) is 71.6 cm³/mol. The Morgan fingerprint density at radius 3 is 2.65 bits per heavy atom. The summed E-state index contributed by atoms with van der Waals surface area (Å²) in [6.45, 7) is 0.666. The fourth-order valence-electron chi connectivity index (χ4n) is 1.85. The SMILES string of the molecule is COc1cc(CNCc2cc(F)ccc2F)ccc1O. The maximum Gasteiger partial charge on any atom is 0.160 e. The first-order chi connectivity index (χ1) is 9.60. The van der Waals surface area contributed by atoms with Gasteiger partial charge in [-0.15, -0.1) is 0 Å². The summed E-state index contributed by atoms with van der Waals surface area (Å²) in [6, 6.07) is 8.30. The van der Waals surface area contributed by atoms with Crippen LogP contribution in [-0.2, 0) is 13.1 Å². The summed E-state index contributed by atoms with van der Waals surface area (Å²) in [5.74, 6) is -0.467. The van der Waals surface area contributed by atoms with Gasteiger partial charge >= 0.3 is 0 Å². The fraction of sp³-hybridized carbons (Fsp3) is 0.200. The molecule has 0 heterocycles. The minimum atomic E-state index is -0.463. The Balaban J connectivity index is 1.97. The van der Waals surface area contributed by atoms with Crippen molar-refractivity contribution in [1.29, 1.82) is 0 Å². The van der Waals surface area contributed by atoms with Crippen LogP contribution in [0.4, 0.5) is 8.78 Å². The topological polar surface area (TPSA) is 41.5 Å². The van der Waals surface area contributed by atoms with Crippen LogP contribution in [0.15, 0.2) is 36.4 Å². The third kappa shape index (κ3) is 3.45.